The van der Waals surface area contributed by atoms with Crippen molar-refractivity contribution in [3.8, 4) is 0 Å². The molecule has 14 heavy (non-hydrogen) atoms. The number of hydrogen-bond acceptors (Lipinski definition) is 4. The minimum absolute atomic E-state index is 0.0637. The second kappa shape index (κ2) is 4.47. The number of nitrogens with one attached hydrogen (secondary N) is 1. The van der Waals surface area contributed by atoms with Gasteiger partial charge in [-0.1, -0.05) is 12.1 Å². The molecule has 0 fully saturated rings. The third-order valence-corrected chi connectivity index (χ3v) is 2.19. The van der Waals surface area contributed by atoms with Crippen LogP contribution in [-0.4, -0.2) is 11.0 Å². The number of para-hydroxylation sites is 1. The molecule has 0 spiro atoms. The molecule has 7 heteroatoms. The van der Waals surface area contributed by atoms with Gasteiger partial charge in [0.2, 0.25) is 0 Å². The van der Waals surface area contributed by atoms with Gasteiger partial charge in [-0.25, -0.2) is 4.79 Å². The fourth-order valence-electron chi connectivity index (χ4n) is 0.800. The number of nitro groups is 1. The number of amides is 2. The highest BCUT2D eigenvalue weighted by molar-refractivity contribution is 7.98. The van der Waals surface area contributed by atoms with Crippen LogP contribution in [-0.2, 0) is 0 Å². The third kappa shape index (κ3) is 2.63. The largest absolute Gasteiger partial charge is 0.351 e. The highest BCUT2D eigenvalue weighted by Crippen LogP contribution is 2.26. The topological polar surface area (TPSA) is 98.3 Å². The number of carbonyl (C=O) groups excluding carboxylic acids is 1. The van der Waals surface area contributed by atoms with Gasteiger partial charge in [-0.3, -0.25) is 14.8 Å². The predicted octanol–water partition coefficient (Wildman–Crippen LogP) is 1.27. The molecule has 6 nitrogen and oxygen atoms in total. The van der Waals surface area contributed by atoms with Crippen molar-refractivity contribution in [1.29, 1.82) is 0 Å². The lowest BCUT2D eigenvalue weighted by atomic mass is 10.3. The predicted molar refractivity (Wildman–Crippen MR) is 51.7 cm³/mol. The highest BCUT2D eigenvalue weighted by Gasteiger charge is 2.12. The van der Waals surface area contributed by atoms with Crippen molar-refractivity contribution in [3.63, 3.8) is 0 Å². The van der Waals surface area contributed by atoms with Gasteiger partial charge in [0.1, 0.15) is 4.90 Å². The van der Waals surface area contributed by atoms with Gasteiger partial charge in [0.05, 0.1) is 4.92 Å². The lowest BCUT2D eigenvalue weighted by Gasteiger charge is -2.01. The van der Waals surface area contributed by atoms with Gasteiger partial charge in [-0.15, -0.1) is 0 Å². The first-order valence-corrected chi connectivity index (χ1v) is 4.38. The molecule has 1 aromatic rings. The molecule has 0 aromatic heterocycles. The average Bonchev–Trinajstić information content (AvgIpc) is 2.15. The molecular weight excluding hydrogens is 206 g/mol. The maximum Gasteiger partial charge on any atom is 0.322 e. The van der Waals surface area contributed by atoms with Gasteiger partial charge in [0.25, 0.3) is 5.69 Å². The Bertz CT molecular complexity index is 369. The molecule has 1 rings (SSSR count). The number of nitro benzene ring substituents is 1. The average molecular weight is 213 g/mol. The van der Waals surface area contributed by atoms with E-state index in [-0.39, 0.29) is 5.69 Å². The normalized spacial score (nSPS) is 9.43. The van der Waals surface area contributed by atoms with Crippen molar-refractivity contribution >= 4 is 23.7 Å². The van der Waals surface area contributed by atoms with Crippen molar-refractivity contribution in [2.45, 2.75) is 4.90 Å². The van der Waals surface area contributed by atoms with Gasteiger partial charge in [-0.2, -0.15) is 0 Å². The Kier molecular flexibility index (Phi) is 3.29. The molecule has 2 amide bonds. The molecule has 0 saturated carbocycles. The minimum atomic E-state index is -0.742. The maximum absolute atomic E-state index is 10.5. The fraction of sp³-hybridized carbons (Fsp3) is 0. The molecular formula is C7H7N3O3S. The number of nitrogens with zero attached hydrogens (tertiary/aromatic N) is 1. The first-order valence-electron chi connectivity index (χ1n) is 3.57. The van der Waals surface area contributed by atoms with Gasteiger partial charge in [0, 0.05) is 6.07 Å². The summed E-state index contributed by atoms with van der Waals surface area (Å²) in [5.74, 6) is 0. The van der Waals surface area contributed by atoms with E-state index in [2.05, 4.69) is 4.72 Å². The standard InChI is InChI=1S/C7H7N3O3S/c8-7(11)9-14-6-4-2-1-3-5(6)10(12)13/h1-4H,(H3,8,9,11). The van der Waals surface area contributed by atoms with E-state index < -0.39 is 11.0 Å². The maximum atomic E-state index is 10.5. The molecule has 74 valence electrons. The van der Waals surface area contributed by atoms with E-state index in [0.717, 1.165) is 11.9 Å². The zero-order valence-electron chi connectivity index (χ0n) is 6.97. The van der Waals surface area contributed by atoms with E-state index in [0.29, 0.717) is 4.90 Å². The summed E-state index contributed by atoms with van der Waals surface area (Å²) in [5.41, 5.74) is 4.76. The van der Waals surface area contributed by atoms with Crippen LogP contribution in [0.15, 0.2) is 29.2 Å². The number of hydrogen-bond donors (Lipinski definition) is 2. The van der Waals surface area contributed by atoms with Crippen molar-refractivity contribution in [1.82, 2.24) is 4.72 Å². The SMILES string of the molecule is NC(=O)NSc1ccccc1[N+](=O)[O-]. The summed E-state index contributed by atoms with van der Waals surface area (Å²) in [4.78, 5) is 20.7. The molecule has 0 heterocycles. The number of nitrogens with two attached hydrogens (primary N) is 1. The van der Waals surface area contributed by atoms with E-state index in [9.17, 15) is 14.9 Å². The van der Waals surface area contributed by atoms with Crippen LogP contribution in [0, 0.1) is 10.1 Å². The van der Waals surface area contributed by atoms with E-state index in [1.807, 2.05) is 0 Å². The van der Waals surface area contributed by atoms with Crippen LogP contribution in [0.3, 0.4) is 0 Å². The number of benzene rings is 1. The number of urea groups is 1. The summed E-state index contributed by atoms with van der Waals surface area (Å²) in [6, 6.07) is 5.32. The van der Waals surface area contributed by atoms with E-state index in [4.69, 9.17) is 5.73 Å². The number of rotatable bonds is 3. The van der Waals surface area contributed by atoms with Gasteiger partial charge in [-0.05, 0) is 18.0 Å². The summed E-state index contributed by atoms with van der Waals surface area (Å²) in [7, 11) is 0. The van der Waals surface area contributed by atoms with Crippen LogP contribution in [0.2, 0.25) is 0 Å². The second-order valence-electron chi connectivity index (χ2n) is 2.29. The van der Waals surface area contributed by atoms with Crippen molar-refractivity contribution in [3.05, 3.63) is 34.4 Å². The Balaban J connectivity index is 2.84. The molecule has 0 atom stereocenters. The van der Waals surface area contributed by atoms with Gasteiger partial charge < -0.3 is 5.73 Å². The lowest BCUT2D eigenvalue weighted by molar-refractivity contribution is -0.387. The van der Waals surface area contributed by atoms with E-state index in [1.54, 1.807) is 12.1 Å². The molecule has 0 aliphatic carbocycles. The molecule has 0 aliphatic heterocycles. The fourth-order valence-corrected chi connectivity index (χ4v) is 1.40. The Morgan fingerprint density at radius 1 is 1.50 bits per heavy atom. The van der Waals surface area contributed by atoms with E-state index >= 15 is 0 Å². The van der Waals surface area contributed by atoms with Crippen molar-refractivity contribution < 1.29 is 9.72 Å². The summed E-state index contributed by atoms with van der Waals surface area (Å²) < 4.78 is 2.21. The third-order valence-electron chi connectivity index (χ3n) is 1.32. The van der Waals surface area contributed by atoms with Crippen LogP contribution >= 0.6 is 11.9 Å². The van der Waals surface area contributed by atoms with E-state index in [1.165, 1.54) is 12.1 Å². The molecule has 0 aliphatic rings. The molecule has 1 aromatic carbocycles. The molecule has 0 saturated heterocycles. The van der Waals surface area contributed by atoms with Gasteiger partial charge in [0.15, 0.2) is 0 Å². The van der Waals surface area contributed by atoms with Gasteiger partial charge >= 0.3 is 6.03 Å². The zero-order chi connectivity index (χ0) is 10.6. The Morgan fingerprint density at radius 2 is 2.14 bits per heavy atom. The molecule has 0 unspecified atom stereocenters. The Hall–Kier alpha value is -1.76. The van der Waals surface area contributed by atoms with Crippen molar-refractivity contribution in [2.24, 2.45) is 5.73 Å². The van der Waals surface area contributed by atoms with Crippen molar-refractivity contribution in [2.75, 3.05) is 0 Å². The summed E-state index contributed by atoms with van der Waals surface area (Å²) in [6.45, 7) is 0. The molecule has 0 bridgehead atoms. The number of carbonyl (C=O) groups is 1. The lowest BCUT2D eigenvalue weighted by Crippen LogP contribution is -2.22. The quantitative estimate of drug-likeness (QED) is 0.448. The Morgan fingerprint density at radius 3 is 2.71 bits per heavy atom. The second-order valence-corrected chi connectivity index (χ2v) is 3.14. The van der Waals surface area contributed by atoms with Crippen LogP contribution in [0.5, 0.6) is 0 Å². The molecule has 3 N–H and O–H groups in total. The summed E-state index contributed by atoms with van der Waals surface area (Å²) in [5, 5.41) is 10.5. The highest BCUT2D eigenvalue weighted by atomic mass is 32.2. The minimum Gasteiger partial charge on any atom is -0.351 e. The monoisotopic (exact) mass is 213 g/mol. The Labute approximate surface area is 83.8 Å². The van der Waals surface area contributed by atoms with Crippen LogP contribution in [0.1, 0.15) is 0 Å². The zero-order valence-corrected chi connectivity index (χ0v) is 7.78. The summed E-state index contributed by atoms with van der Waals surface area (Å²) >= 11 is 0.817. The van der Waals surface area contributed by atoms with Crippen LogP contribution in [0.25, 0.3) is 0 Å². The first-order chi connectivity index (χ1) is 6.61. The van der Waals surface area contributed by atoms with Crippen LogP contribution in [0.4, 0.5) is 10.5 Å². The summed E-state index contributed by atoms with van der Waals surface area (Å²) in [6.07, 6.45) is 0. The number of primary amides is 1. The first kappa shape index (κ1) is 10.3. The smallest absolute Gasteiger partial charge is 0.322 e. The molecule has 0 radical (unpaired) electrons. The van der Waals surface area contributed by atoms with Crippen LogP contribution < -0.4 is 10.5 Å².